The number of rotatable bonds is 4. The molecule has 1 N–H and O–H groups in total. The van der Waals surface area contributed by atoms with E-state index in [1.54, 1.807) is 0 Å². The molecule has 2 rings (SSSR count). The second-order valence-electron chi connectivity index (χ2n) is 4.33. The van der Waals surface area contributed by atoms with Gasteiger partial charge < -0.3 is 5.32 Å². The molecule has 0 unspecified atom stereocenters. The van der Waals surface area contributed by atoms with Gasteiger partial charge in [0.15, 0.2) is 5.82 Å². The minimum Gasteiger partial charge on any atom is -0.370 e. The summed E-state index contributed by atoms with van der Waals surface area (Å²) in [5, 5.41) is 3.85. The number of anilines is 1. The number of benzene rings is 1. The number of fused-ring (bicyclic) bond motifs is 1. The van der Waals surface area contributed by atoms with Crippen molar-refractivity contribution in [3.63, 3.8) is 0 Å². The minimum atomic E-state index is -0.587. The van der Waals surface area contributed by atoms with E-state index >= 15 is 0 Å². The first kappa shape index (κ1) is 14.4. The number of pyridine rings is 1. The molecule has 0 bridgehead atoms. The molecule has 1 aromatic carbocycles. The lowest BCUT2D eigenvalue weighted by Gasteiger charge is -2.12. The molecular weight excluding hydrogens is 286 g/mol. The fraction of sp³-hybridized carbons (Fsp3) is 0.357. The molecule has 0 amide bonds. The van der Waals surface area contributed by atoms with Gasteiger partial charge in [0.1, 0.15) is 5.82 Å². The summed E-state index contributed by atoms with van der Waals surface area (Å²) in [6.45, 7) is 4.87. The highest BCUT2D eigenvalue weighted by Crippen LogP contribution is 2.33. The Balaban J connectivity index is 2.70. The predicted octanol–water partition coefficient (Wildman–Crippen LogP) is 5.07. The Kier molecular flexibility index (Phi) is 4.48. The number of aryl methyl sites for hydroxylation is 1. The third-order valence-electron chi connectivity index (χ3n) is 2.90. The SMILES string of the molecule is CCCc1cc2c(Cl)c(F)c(Cl)cc2nc1NCC. The largest absolute Gasteiger partial charge is 0.370 e. The van der Waals surface area contributed by atoms with E-state index in [2.05, 4.69) is 17.2 Å². The monoisotopic (exact) mass is 300 g/mol. The third kappa shape index (κ3) is 2.77. The lowest BCUT2D eigenvalue weighted by Crippen LogP contribution is -2.04. The average Bonchev–Trinajstić information content (AvgIpc) is 2.38. The van der Waals surface area contributed by atoms with Crippen LogP contribution in [-0.4, -0.2) is 11.5 Å². The van der Waals surface area contributed by atoms with E-state index in [0.29, 0.717) is 10.9 Å². The normalized spacial score (nSPS) is 11.0. The average molecular weight is 301 g/mol. The summed E-state index contributed by atoms with van der Waals surface area (Å²) in [6.07, 6.45) is 1.85. The van der Waals surface area contributed by atoms with Gasteiger partial charge in [0.2, 0.25) is 0 Å². The lowest BCUT2D eigenvalue weighted by atomic mass is 10.1. The molecule has 19 heavy (non-hydrogen) atoms. The van der Waals surface area contributed by atoms with Gasteiger partial charge in [-0.25, -0.2) is 9.37 Å². The molecule has 0 saturated heterocycles. The second-order valence-corrected chi connectivity index (χ2v) is 5.11. The molecular formula is C14H15Cl2FN2. The molecule has 0 atom stereocenters. The number of halogens is 3. The van der Waals surface area contributed by atoms with Crippen LogP contribution in [0.3, 0.4) is 0 Å². The lowest BCUT2D eigenvalue weighted by molar-refractivity contribution is 0.630. The van der Waals surface area contributed by atoms with Crippen LogP contribution in [0.15, 0.2) is 12.1 Å². The van der Waals surface area contributed by atoms with Gasteiger partial charge in [-0.05, 0) is 31.0 Å². The van der Waals surface area contributed by atoms with Crippen LogP contribution in [0.5, 0.6) is 0 Å². The highest BCUT2D eigenvalue weighted by atomic mass is 35.5. The van der Waals surface area contributed by atoms with Gasteiger partial charge in [0.05, 0.1) is 15.6 Å². The van der Waals surface area contributed by atoms with Crippen molar-refractivity contribution >= 4 is 39.9 Å². The molecule has 0 aliphatic rings. The quantitative estimate of drug-likeness (QED) is 0.798. The van der Waals surface area contributed by atoms with Gasteiger partial charge in [0, 0.05) is 11.9 Å². The number of nitrogens with one attached hydrogen (secondary N) is 1. The van der Waals surface area contributed by atoms with Crippen molar-refractivity contribution in [2.75, 3.05) is 11.9 Å². The van der Waals surface area contributed by atoms with E-state index in [4.69, 9.17) is 23.2 Å². The molecule has 2 nitrogen and oxygen atoms in total. The predicted molar refractivity (Wildman–Crippen MR) is 79.9 cm³/mol. The summed E-state index contributed by atoms with van der Waals surface area (Å²) in [4.78, 5) is 4.50. The number of hydrogen-bond donors (Lipinski definition) is 1. The van der Waals surface area contributed by atoms with Crippen molar-refractivity contribution in [1.29, 1.82) is 0 Å². The van der Waals surface area contributed by atoms with Gasteiger partial charge in [0.25, 0.3) is 0 Å². The molecule has 0 aliphatic heterocycles. The highest BCUT2D eigenvalue weighted by Gasteiger charge is 2.14. The van der Waals surface area contributed by atoms with Crippen LogP contribution >= 0.6 is 23.2 Å². The number of hydrogen-bond acceptors (Lipinski definition) is 2. The summed E-state index contributed by atoms with van der Waals surface area (Å²) in [5.41, 5.74) is 1.65. The topological polar surface area (TPSA) is 24.9 Å². The van der Waals surface area contributed by atoms with Gasteiger partial charge in [-0.2, -0.15) is 0 Å². The first-order valence-electron chi connectivity index (χ1n) is 6.29. The van der Waals surface area contributed by atoms with Crippen molar-refractivity contribution in [3.05, 3.63) is 33.6 Å². The fourth-order valence-electron chi connectivity index (χ4n) is 2.04. The Morgan fingerprint density at radius 1 is 1.26 bits per heavy atom. The molecule has 1 heterocycles. The molecule has 2 aromatic rings. The molecule has 5 heteroatoms. The van der Waals surface area contributed by atoms with Crippen LogP contribution in [0.1, 0.15) is 25.8 Å². The fourth-order valence-corrected chi connectivity index (χ4v) is 2.54. The molecule has 0 spiro atoms. The molecule has 0 saturated carbocycles. The van der Waals surface area contributed by atoms with Crippen molar-refractivity contribution in [3.8, 4) is 0 Å². The number of nitrogens with zero attached hydrogens (tertiary/aromatic N) is 1. The van der Waals surface area contributed by atoms with Crippen molar-refractivity contribution in [2.24, 2.45) is 0 Å². The molecule has 0 aliphatic carbocycles. The Morgan fingerprint density at radius 2 is 2.00 bits per heavy atom. The van der Waals surface area contributed by atoms with Gasteiger partial charge in [-0.15, -0.1) is 0 Å². The van der Waals surface area contributed by atoms with Crippen LogP contribution in [-0.2, 0) is 6.42 Å². The van der Waals surface area contributed by atoms with Gasteiger partial charge >= 0.3 is 0 Å². The summed E-state index contributed by atoms with van der Waals surface area (Å²) in [7, 11) is 0. The third-order valence-corrected chi connectivity index (χ3v) is 3.54. The van der Waals surface area contributed by atoms with E-state index in [1.165, 1.54) is 6.07 Å². The summed E-state index contributed by atoms with van der Waals surface area (Å²) >= 11 is 11.8. The van der Waals surface area contributed by atoms with Crippen molar-refractivity contribution in [2.45, 2.75) is 26.7 Å². The molecule has 102 valence electrons. The number of aromatic nitrogens is 1. The van der Waals surface area contributed by atoms with Crippen LogP contribution in [0.25, 0.3) is 10.9 Å². The summed E-state index contributed by atoms with van der Waals surface area (Å²) in [6, 6.07) is 3.40. The van der Waals surface area contributed by atoms with E-state index < -0.39 is 5.82 Å². The summed E-state index contributed by atoms with van der Waals surface area (Å²) < 4.78 is 13.7. The van der Waals surface area contributed by atoms with E-state index in [-0.39, 0.29) is 10.0 Å². The zero-order valence-electron chi connectivity index (χ0n) is 10.9. The van der Waals surface area contributed by atoms with Crippen LogP contribution < -0.4 is 5.32 Å². The van der Waals surface area contributed by atoms with Crippen LogP contribution in [0.4, 0.5) is 10.2 Å². The first-order chi connectivity index (χ1) is 9.08. The molecule has 1 aromatic heterocycles. The zero-order valence-corrected chi connectivity index (χ0v) is 12.4. The molecule has 0 radical (unpaired) electrons. The second kappa shape index (κ2) is 5.93. The van der Waals surface area contributed by atoms with E-state index in [0.717, 1.165) is 30.8 Å². The summed E-state index contributed by atoms with van der Waals surface area (Å²) in [5.74, 6) is 0.229. The van der Waals surface area contributed by atoms with Gasteiger partial charge in [-0.1, -0.05) is 36.5 Å². The smallest absolute Gasteiger partial charge is 0.161 e. The Bertz CT molecular complexity index is 614. The van der Waals surface area contributed by atoms with Crippen LogP contribution in [0, 0.1) is 5.82 Å². The maximum absolute atomic E-state index is 13.7. The van der Waals surface area contributed by atoms with Gasteiger partial charge in [-0.3, -0.25) is 0 Å². The zero-order chi connectivity index (χ0) is 14.0. The minimum absolute atomic E-state index is 0.00399. The van der Waals surface area contributed by atoms with Crippen molar-refractivity contribution < 1.29 is 4.39 Å². The maximum Gasteiger partial charge on any atom is 0.161 e. The van der Waals surface area contributed by atoms with E-state index in [1.807, 2.05) is 13.0 Å². The standard InChI is InChI=1S/C14H15Cl2FN2/c1-3-5-8-6-9-11(19-14(8)18-4-2)7-10(15)13(17)12(9)16/h6-7H,3-5H2,1-2H3,(H,18,19). The Hall–Kier alpha value is -1.06. The maximum atomic E-state index is 13.7. The van der Waals surface area contributed by atoms with Crippen LogP contribution in [0.2, 0.25) is 10.0 Å². The molecule has 0 fully saturated rings. The first-order valence-corrected chi connectivity index (χ1v) is 7.05. The Morgan fingerprint density at radius 3 is 2.63 bits per heavy atom. The van der Waals surface area contributed by atoms with E-state index in [9.17, 15) is 4.39 Å². The Labute approximate surface area is 121 Å². The highest BCUT2D eigenvalue weighted by molar-refractivity contribution is 6.38. The van der Waals surface area contributed by atoms with Crippen molar-refractivity contribution in [1.82, 2.24) is 4.98 Å².